The average molecular weight is 399 g/mol. The summed E-state index contributed by atoms with van der Waals surface area (Å²) in [5.74, 6) is -0.337. The molecule has 1 heterocycles. The first-order valence-electron chi connectivity index (χ1n) is 7.60. The van der Waals surface area contributed by atoms with E-state index in [1.165, 1.54) is 4.90 Å². The summed E-state index contributed by atoms with van der Waals surface area (Å²) in [6.45, 7) is 3.64. The third-order valence-corrected chi connectivity index (χ3v) is 6.10. The molecule has 1 aliphatic heterocycles. The molecule has 1 aromatic rings. The minimum Gasteiger partial charge on any atom is -0.340 e. The first-order chi connectivity index (χ1) is 11.4. The second-order valence-electron chi connectivity index (χ2n) is 6.02. The van der Waals surface area contributed by atoms with E-state index < -0.39 is 26.7 Å². The van der Waals surface area contributed by atoms with E-state index in [-0.39, 0.29) is 43.0 Å². The van der Waals surface area contributed by atoms with E-state index in [4.69, 9.17) is 11.6 Å². The van der Waals surface area contributed by atoms with E-state index >= 15 is 0 Å². The Labute approximate surface area is 149 Å². The van der Waals surface area contributed by atoms with Gasteiger partial charge in [0.25, 0.3) is 0 Å². The topological polar surface area (TPSA) is 57.7 Å². The first kappa shape index (κ1) is 20.0. The van der Waals surface area contributed by atoms with E-state index in [9.17, 15) is 26.4 Å². The van der Waals surface area contributed by atoms with Crippen LogP contribution >= 0.6 is 11.6 Å². The van der Waals surface area contributed by atoms with Crippen molar-refractivity contribution in [1.82, 2.24) is 9.21 Å². The number of alkyl halides is 3. The lowest BCUT2D eigenvalue weighted by Gasteiger charge is -2.35. The van der Waals surface area contributed by atoms with Crippen LogP contribution in [-0.4, -0.2) is 49.7 Å². The van der Waals surface area contributed by atoms with E-state index in [0.717, 1.165) is 16.4 Å². The predicted octanol–water partition coefficient (Wildman–Crippen LogP) is 2.85. The van der Waals surface area contributed by atoms with Crippen LogP contribution in [0.1, 0.15) is 19.4 Å². The highest BCUT2D eigenvalue weighted by Gasteiger charge is 2.40. The van der Waals surface area contributed by atoms with Crippen molar-refractivity contribution in [3.63, 3.8) is 0 Å². The molecule has 1 aliphatic rings. The average Bonchev–Trinajstić information content (AvgIpc) is 2.53. The maximum atomic E-state index is 13.2. The molecule has 0 aliphatic carbocycles. The summed E-state index contributed by atoms with van der Waals surface area (Å²) in [7, 11) is -4.35. The van der Waals surface area contributed by atoms with Gasteiger partial charge >= 0.3 is 6.18 Å². The van der Waals surface area contributed by atoms with Crippen LogP contribution in [0.5, 0.6) is 0 Å². The number of halogens is 4. The second-order valence-corrected chi connectivity index (χ2v) is 8.37. The van der Waals surface area contributed by atoms with E-state index in [1.54, 1.807) is 13.8 Å². The van der Waals surface area contributed by atoms with Gasteiger partial charge < -0.3 is 4.90 Å². The maximum Gasteiger partial charge on any atom is 0.417 e. The monoisotopic (exact) mass is 398 g/mol. The Kier molecular flexibility index (Phi) is 5.70. The Balaban J connectivity index is 2.28. The van der Waals surface area contributed by atoms with Crippen LogP contribution in [0.4, 0.5) is 13.2 Å². The molecule has 140 valence electrons. The highest BCUT2D eigenvalue weighted by molar-refractivity contribution is 7.89. The van der Waals surface area contributed by atoms with Gasteiger partial charge in [-0.25, -0.2) is 8.42 Å². The van der Waals surface area contributed by atoms with Crippen molar-refractivity contribution in [1.29, 1.82) is 0 Å². The Morgan fingerprint density at radius 2 is 1.72 bits per heavy atom. The SMILES string of the molecule is CC(C)C(=O)N1CCN(S(=O)(=O)c2ccc(Cl)cc2C(F)(F)F)CC1. The predicted molar refractivity (Wildman–Crippen MR) is 86.6 cm³/mol. The molecule has 10 heteroatoms. The third-order valence-electron chi connectivity index (χ3n) is 3.91. The fourth-order valence-corrected chi connectivity index (χ4v) is 4.39. The zero-order valence-corrected chi connectivity index (χ0v) is 15.2. The van der Waals surface area contributed by atoms with Gasteiger partial charge in [-0.05, 0) is 18.2 Å². The molecule has 0 aromatic heterocycles. The van der Waals surface area contributed by atoms with Gasteiger partial charge in [-0.1, -0.05) is 25.4 Å². The van der Waals surface area contributed by atoms with Gasteiger partial charge in [0, 0.05) is 37.1 Å². The highest BCUT2D eigenvalue weighted by Crippen LogP contribution is 2.37. The molecule has 25 heavy (non-hydrogen) atoms. The van der Waals surface area contributed by atoms with Crippen LogP contribution in [0.2, 0.25) is 5.02 Å². The number of hydrogen-bond donors (Lipinski definition) is 0. The van der Waals surface area contributed by atoms with Crippen LogP contribution < -0.4 is 0 Å². The molecular weight excluding hydrogens is 381 g/mol. The summed E-state index contributed by atoms with van der Waals surface area (Å²) < 4.78 is 65.8. The molecule has 0 saturated carbocycles. The lowest BCUT2D eigenvalue weighted by Crippen LogP contribution is -2.51. The second kappa shape index (κ2) is 7.13. The molecule has 2 rings (SSSR count). The zero-order chi connectivity index (χ0) is 19.0. The van der Waals surface area contributed by atoms with Gasteiger partial charge in [0.2, 0.25) is 15.9 Å². The number of carbonyl (C=O) groups excluding carboxylic acids is 1. The minimum absolute atomic E-state index is 0.0548. The van der Waals surface area contributed by atoms with Crippen molar-refractivity contribution >= 4 is 27.5 Å². The molecule has 1 aromatic carbocycles. The fraction of sp³-hybridized carbons (Fsp3) is 0.533. The number of rotatable bonds is 3. The van der Waals surface area contributed by atoms with Crippen molar-refractivity contribution < 1.29 is 26.4 Å². The van der Waals surface area contributed by atoms with E-state index in [1.807, 2.05) is 0 Å². The number of carbonyl (C=O) groups is 1. The molecule has 0 bridgehead atoms. The molecule has 1 amide bonds. The van der Waals surface area contributed by atoms with Crippen molar-refractivity contribution in [3.8, 4) is 0 Å². The molecule has 5 nitrogen and oxygen atoms in total. The van der Waals surface area contributed by atoms with Crippen molar-refractivity contribution in [2.75, 3.05) is 26.2 Å². The smallest absolute Gasteiger partial charge is 0.340 e. The summed E-state index contributed by atoms with van der Waals surface area (Å²) in [5.41, 5.74) is -1.29. The summed E-state index contributed by atoms with van der Waals surface area (Å²) in [4.78, 5) is 12.6. The van der Waals surface area contributed by atoms with Crippen molar-refractivity contribution in [2.24, 2.45) is 5.92 Å². The van der Waals surface area contributed by atoms with Crippen molar-refractivity contribution in [2.45, 2.75) is 24.9 Å². The zero-order valence-electron chi connectivity index (χ0n) is 13.7. The maximum absolute atomic E-state index is 13.2. The molecule has 0 radical (unpaired) electrons. The lowest BCUT2D eigenvalue weighted by atomic mass is 10.2. The molecule has 0 N–H and O–H groups in total. The number of hydrogen-bond acceptors (Lipinski definition) is 3. The lowest BCUT2D eigenvalue weighted by molar-refractivity contribution is -0.140. The summed E-state index contributed by atoms with van der Waals surface area (Å²) in [6.07, 6.45) is -4.84. The van der Waals surface area contributed by atoms with Crippen LogP contribution in [-0.2, 0) is 21.0 Å². The highest BCUT2D eigenvalue weighted by atomic mass is 35.5. The minimum atomic E-state index is -4.84. The third kappa shape index (κ3) is 4.27. The quantitative estimate of drug-likeness (QED) is 0.786. The molecule has 1 fully saturated rings. The number of piperazine rings is 1. The first-order valence-corrected chi connectivity index (χ1v) is 9.42. The molecule has 0 unspecified atom stereocenters. The van der Waals surface area contributed by atoms with Gasteiger partial charge in [0.05, 0.1) is 10.5 Å². The number of benzene rings is 1. The standard InChI is InChI=1S/C15H18ClF3N2O3S/c1-10(2)14(22)20-5-7-21(8-6-20)25(23,24)13-4-3-11(16)9-12(13)15(17,18)19/h3-4,9-10H,5-8H2,1-2H3. The molecule has 1 saturated heterocycles. The largest absolute Gasteiger partial charge is 0.417 e. The normalized spacial score (nSPS) is 17.2. The Morgan fingerprint density at radius 1 is 1.16 bits per heavy atom. The van der Waals surface area contributed by atoms with Crippen LogP contribution in [0.15, 0.2) is 23.1 Å². The van der Waals surface area contributed by atoms with Gasteiger partial charge in [-0.2, -0.15) is 17.5 Å². The fourth-order valence-electron chi connectivity index (χ4n) is 2.60. The Hall–Kier alpha value is -1.32. The number of amides is 1. The summed E-state index contributed by atoms with van der Waals surface area (Å²) in [5, 5.41) is -0.196. The van der Waals surface area contributed by atoms with Gasteiger partial charge in [-0.3, -0.25) is 4.79 Å². The number of nitrogens with zero attached hydrogens (tertiary/aromatic N) is 2. The number of sulfonamides is 1. The van der Waals surface area contributed by atoms with Crippen LogP contribution in [0.3, 0.4) is 0 Å². The molecule has 0 atom stereocenters. The van der Waals surface area contributed by atoms with Gasteiger partial charge in [-0.15, -0.1) is 0 Å². The van der Waals surface area contributed by atoms with E-state index in [2.05, 4.69) is 0 Å². The Bertz CT molecular complexity index is 758. The van der Waals surface area contributed by atoms with Gasteiger partial charge in [0.1, 0.15) is 0 Å². The van der Waals surface area contributed by atoms with Crippen LogP contribution in [0, 0.1) is 5.92 Å². The van der Waals surface area contributed by atoms with Gasteiger partial charge in [0.15, 0.2) is 0 Å². The van der Waals surface area contributed by atoms with Crippen molar-refractivity contribution in [3.05, 3.63) is 28.8 Å². The van der Waals surface area contributed by atoms with E-state index in [0.29, 0.717) is 6.07 Å². The van der Waals surface area contributed by atoms with Crippen LogP contribution in [0.25, 0.3) is 0 Å². The summed E-state index contributed by atoms with van der Waals surface area (Å²) >= 11 is 5.59. The summed E-state index contributed by atoms with van der Waals surface area (Å²) in [6, 6.07) is 2.58. The Morgan fingerprint density at radius 3 is 2.20 bits per heavy atom. The molecule has 0 spiro atoms. The molecular formula is C15H18ClF3N2O3S.